The van der Waals surface area contributed by atoms with Gasteiger partial charge in [0.2, 0.25) is 0 Å². The largest absolute Gasteiger partial charge is 1.00 e. The van der Waals surface area contributed by atoms with Crippen LogP contribution >= 0.6 is 0 Å². The normalized spacial score (nSPS) is 14.2. The zero-order valence-electron chi connectivity index (χ0n) is 9.82. The minimum absolute atomic E-state index is 0. The molecule has 0 saturated carbocycles. The molecule has 0 bridgehead atoms. The van der Waals surface area contributed by atoms with Gasteiger partial charge >= 0.3 is 29.6 Å². The van der Waals surface area contributed by atoms with Crippen LogP contribution in [0.5, 0.6) is 0 Å². The van der Waals surface area contributed by atoms with E-state index in [-0.39, 0.29) is 47.2 Å². The van der Waals surface area contributed by atoms with Crippen molar-refractivity contribution in [2.24, 2.45) is 0 Å². The smallest absolute Gasteiger partial charge is 0.744 e. The van der Waals surface area contributed by atoms with Crippen molar-refractivity contribution in [3.63, 3.8) is 0 Å². The Morgan fingerprint density at radius 2 is 1.89 bits per heavy atom. The maximum absolute atomic E-state index is 11.3. The summed E-state index contributed by atoms with van der Waals surface area (Å²) in [6.07, 6.45) is 0.640. The second kappa shape index (κ2) is 5.51. The first-order valence-corrected chi connectivity index (χ1v) is 6.18. The SMILES string of the molecule is O=C1C=C(S(=O)(=O)[O-])c2cc([N+](=O)[O-])ccc2C1.[Na+]. The molecule has 1 aromatic carbocycles. The molecule has 0 N–H and O–H groups in total. The van der Waals surface area contributed by atoms with Crippen molar-refractivity contribution >= 4 is 26.5 Å². The first kappa shape index (κ1) is 16.0. The predicted molar refractivity (Wildman–Crippen MR) is 59.5 cm³/mol. The molecular weight excluding hydrogens is 285 g/mol. The van der Waals surface area contributed by atoms with Crippen molar-refractivity contribution in [3.8, 4) is 0 Å². The molecule has 0 radical (unpaired) electrons. The van der Waals surface area contributed by atoms with Crippen LogP contribution in [0.1, 0.15) is 11.1 Å². The molecule has 0 unspecified atom stereocenters. The number of hydrogen-bond acceptors (Lipinski definition) is 6. The summed E-state index contributed by atoms with van der Waals surface area (Å²) in [5, 5.41) is 10.6. The molecule has 19 heavy (non-hydrogen) atoms. The third-order valence-corrected chi connectivity index (χ3v) is 3.37. The molecule has 0 amide bonds. The molecule has 94 valence electrons. The zero-order valence-corrected chi connectivity index (χ0v) is 12.6. The van der Waals surface area contributed by atoms with Gasteiger partial charge in [0.25, 0.3) is 5.69 Å². The van der Waals surface area contributed by atoms with Gasteiger partial charge in [0.15, 0.2) is 5.78 Å². The number of fused-ring (bicyclic) bond motifs is 1. The summed E-state index contributed by atoms with van der Waals surface area (Å²) in [6.45, 7) is 0. The second-order valence-corrected chi connectivity index (χ2v) is 5.05. The third kappa shape index (κ3) is 3.28. The minimum atomic E-state index is -4.85. The number of ketones is 1. The molecule has 0 aliphatic heterocycles. The van der Waals surface area contributed by atoms with Gasteiger partial charge in [0.05, 0.1) is 9.83 Å². The van der Waals surface area contributed by atoms with E-state index in [4.69, 9.17) is 0 Å². The van der Waals surface area contributed by atoms with Gasteiger partial charge in [-0.2, -0.15) is 0 Å². The summed E-state index contributed by atoms with van der Waals surface area (Å²) in [5.74, 6) is -0.522. The van der Waals surface area contributed by atoms with E-state index in [0.29, 0.717) is 11.6 Å². The molecule has 0 atom stereocenters. The number of allylic oxidation sites excluding steroid dienone is 1. The number of hydrogen-bond donors (Lipinski definition) is 0. The Morgan fingerprint density at radius 1 is 1.26 bits per heavy atom. The maximum Gasteiger partial charge on any atom is 1.00 e. The van der Waals surface area contributed by atoms with E-state index < -0.39 is 25.7 Å². The van der Waals surface area contributed by atoms with Crippen LogP contribution in [0.2, 0.25) is 0 Å². The van der Waals surface area contributed by atoms with E-state index in [2.05, 4.69) is 0 Å². The average Bonchev–Trinajstić information content (AvgIpc) is 2.25. The molecule has 0 saturated heterocycles. The molecule has 7 nitrogen and oxygen atoms in total. The van der Waals surface area contributed by atoms with Crippen LogP contribution in [-0.2, 0) is 21.3 Å². The van der Waals surface area contributed by atoms with Crippen LogP contribution in [0, 0.1) is 10.1 Å². The van der Waals surface area contributed by atoms with E-state index in [1.54, 1.807) is 0 Å². The van der Waals surface area contributed by atoms with Gasteiger partial charge in [0, 0.05) is 24.1 Å². The van der Waals surface area contributed by atoms with Gasteiger partial charge < -0.3 is 4.55 Å². The number of nitrogens with zero attached hydrogens (tertiary/aromatic N) is 1. The second-order valence-electron chi connectivity index (χ2n) is 3.70. The van der Waals surface area contributed by atoms with Gasteiger partial charge in [-0.25, -0.2) is 8.42 Å². The van der Waals surface area contributed by atoms with Crippen molar-refractivity contribution in [2.75, 3.05) is 0 Å². The van der Waals surface area contributed by atoms with Gasteiger partial charge in [-0.1, -0.05) is 6.07 Å². The number of nitro groups is 1. The maximum atomic E-state index is 11.3. The Kier molecular flexibility index (Phi) is 4.64. The van der Waals surface area contributed by atoms with E-state index in [0.717, 1.165) is 12.1 Å². The Morgan fingerprint density at radius 3 is 2.42 bits per heavy atom. The third-order valence-electron chi connectivity index (χ3n) is 2.50. The van der Waals surface area contributed by atoms with Crippen LogP contribution in [0.4, 0.5) is 5.69 Å². The monoisotopic (exact) mass is 291 g/mol. The van der Waals surface area contributed by atoms with E-state index >= 15 is 0 Å². The van der Waals surface area contributed by atoms with Gasteiger partial charge in [-0.3, -0.25) is 14.9 Å². The van der Waals surface area contributed by atoms with E-state index in [9.17, 15) is 27.9 Å². The van der Waals surface area contributed by atoms with E-state index in [1.165, 1.54) is 6.07 Å². The first-order chi connectivity index (χ1) is 8.29. The molecular formula is C10H6NNaO6S. The number of carbonyl (C=O) groups is 1. The summed E-state index contributed by atoms with van der Waals surface area (Å²) in [6, 6.07) is 3.43. The fourth-order valence-electron chi connectivity index (χ4n) is 1.73. The van der Waals surface area contributed by atoms with Crippen molar-refractivity contribution in [1.82, 2.24) is 0 Å². The number of benzene rings is 1. The average molecular weight is 291 g/mol. The van der Waals surface area contributed by atoms with E-state index in [1.807, 2.05) is 0 Å². The van der Waals surface area contributed by atoms with Gasteiger partial charge in [-0.15, -0.1) is 0 Å². The summed E-state index contributed by atoms with van der Waals surface area (Å²) >= 11 is 0. The van der Waals surface area contributed by atoms with Crippen LogP contribution in [0.25, 0.3) is 4.91 Å². The minimum Gasteiger partial charge on any atom is -0.744 e. The summed E-state index contributed by atoms with van der Waals surface area (Å²) in [7, 11) is -4.85. The topological polar surface area (TPSA) is 117 Å². The van der Waals surface area contributed by atoms with Gasteiger partial charge in [0.1, 0.15) is 10.1 Å². The molecule has 1 aliphatic carbocycles. The Labute approximate surface area is 130 Å². The van der Waals surface area contributed by atoms with Crippen LogP contribution in [-0.4, -0.2) is 23.7 Å². The molecule has 1 aromatic rings. The molecule has 0 fully saturated rings. The number of carbonyl (C=O) groups excluding carboxylic acids is 1. The zero-order chi connectivity index (χ0) is 13.5. The Bertz CT molecular complexity index is 694. The van der Waals surface area contributed by atoms with Crippen molar-refractivity contribution in [2.45, 2.75) is 6.42 Å². The standard InChI is InChI=1S/C10H7NO6S.Na/c12-8-3-6-1-2-7(11(13)14)4-9(6)10(5-8)18(15,16)17;/h1-2,4-5H,3H2,(H,15,16,17);/q;+1/p-1. The van der Waals surface area contributed by atoms with Crippen LogP contribution in [0.15, 0.2) is 24.3 Å². The van der Waals surface area contributed by atoms with Crippen molar-refractivity contribution in [3.05, 3.63) is 45.5 Å². The fourth-order valence-corrected chi connectivity index (χ4v) is 2.47. The number of non-ortho nitro benzene ring substituents is 1. The van der Waals surface area contributed by atoms with Crippen molar-refractivity contribution < 1.29 is 52.2 Å². The van der Waals surface area contributed by atoms with Crippen molar-refractivity contribution in [1.29, 1.82) is 0 Å². The summed E-state index contributed by atoms with van der Waals surface area (Å²) < 4.78 is 33.1. The first-order valence-electron chi connectivity index (χ1n) is 4.77. The van der Waals surface area contributed by atoms with Gasteiger partial charge in [-0.05, 0) is 11.6 Å². The summed E-state index contributed by atoms with van der Waals surface area (Å²) in [4.78, 5) is 20.5. The molecule has 0 aromatic heterocycles. The molecule has 0 spiro atoms. The molecule has 9 heteroatoms. The Hall–Kier alpha value is -1.06. The molecule has 2 rings (SSSR count). The van der Waals surface area contributed by atoms with Crippen LogP contribution in [0.3, 0.4) is 0 Å². The molecule has 0 heterocycles. The quantitative estimate of drug-likeness (QED) is 0.260. The number of nitro benzene ring substituents is 1. The van der Waals surface area contributed by atoms with Crippen LogP contribution < -0.4 is 29.6 Å². The number of rotatable bonds is 2. The fraction of sp³-hybridized carbons (Fsp3) is 0.100. The molecule has 1 aliphatic rings. The summed E-state index contributed by atoms with van der Waals surface area (Å²) in [5.41, 5.74) is -0.112. The Balaban J connectivity index is 0.00000180. The predicted octanol–water partition coefficient (Wildman–Crippen LogP) is -2.39.